The van der Waals surface area contributed by atoms with Gasteiger partial charge in [-0.2, -0.15) is 0 Å². The van der Waals surface area contributed by atoms with Crippen LogP contribution in [0.3, 0.4) is 0 Å². The molecule has 2 aliphatic rings. The lowest BCUT2D eigenvalue weighted by Crippen LogP contribution is -2.40. The lowest BCUT2D eigenvalue weighted by Gasteiger charge is -2.39. The van der Waals surface area contributed by atoms with Crippen LogP contribution in [0.5, 0.6) is 0 Å². The van der Waals surface area contributed by atoms with Crippen molar-refractivity contribution in [1.29, 1.82) is 0 Å². The van der Waals surface area contributed by atoms with Gasteiger partial charge in [-0.3, -0.25) is 0 Å². The maximum absolute atomic E-state index is 5.53. The molecule has 2 aliphatic heterocycles. The van der Waals surface area contributed by atoms with Crippen molar-refractivity contribution in [3.63, 3.8) is 0 Å². The topological polar surface area (TPSA) is 21.3 Å². The summed E-state index contributed by atoms with van der Waals surface area (Å²) in [7, 11) is 0. The SMILES string of the molecule is Brc1ccc(C2CNCCC2C2CCOCC2)cc1. The second kappa shape index (κ2) is 6.38. The van der Waals surface area contributed by atoms with Gasteiger partial charge < -0.3 is 10.1 Å². The molecule has 2 fully saturated rings. The number of benzene rings is 1. The van der Waals surface area contributed by atoms with Crippen LogP contribution in [0, 0.1) is 11.8 Å². The van der Waals surface area contributed by atoms with E-state index < -0.39 is 0 Å². The average Bonchev–Trinajstić information content (AvgIpc) is 2.49. The number of piperidine rings is 1. The van der Waals surface area contributed by atoms with E-state index >= 15 is 0 Å². The van der Waals surface area contributed by atoms with Gasteiger partial charge in [-0.15, -0.1) is 0 Å². The maximum Gasteiger partial charge on any atom is 0.0468 e. The van der Waals surface area contributed by atoms with Gasteiger partial charge in [-0.05, 0) is 61.3 Å². The van der Waals surface area contributed by atoms with E-state index in [2.05, 4.69) is 45.5 Å². The summed E-state index contributed by atoms with van der Waals surface area (Å²) < 4.78 is 6.69. The van der Waals surface area contributed by atoms with Crippen molar-refractivity contribution in [1.82, 2.24) is 5.32 Å². The molecule has 2 saturated heterocycles. The van der Waals surface area contributed by atoms with E-state index in [9.17, 15) is 0 Å². The average molecular weight is 324 g/mol. The normalized spacial score (nSPS) is 29.3. The van der Waals surface area contributed by atoms with E-state index in [0.29, 0.717) is 5.92 Å². The summed E-state index contributed by atoms with van der Waals surface area (Å²) in [6.07, 6.45) is 3.81. The first kappa shape index (κ1) is 13.6. The summed E-state index contributed by atoms with van der Waals surface area (Å²) in [6.45, 7) is 4.22. The molecule has 19 heavy (non-hydrogen) atoms. The van der Waals surface area contributed by atoms with Crippen molar-refractivity contribution in [2.24, 2.45) is 11.8 Å². The third-order valence-corrected chi connectivity index (χ3v) is 5.23. The highest BCUT2D eigenvalue weighted by Crippen LogP contribution is 2.39. The second-order valence-corrected chi connectivity index (χ2v) is 6.68. The van der Waals surface area contributed by atoms with Gasteiger partial charge in [-0.25, -0.2) is 0 Å². The van der Waals surface area contributed by atoms with Crippen LogP contribution in [0.2, 0.25) is 0 Å². The molecule has 1 aromatic rings. The summed E-state index contributed by atoms with van der Waals surface area (Å²) >= 11 is 3.53. The van der Waals surface area contributed by atoms with Crippen LogP contribution < -0.4 is 5.32 Å². The highest BCUT2D eigenvalue weighted by molar-refractivity contribution is 9.10. The van der Waals surface area contributed by atoms with E-state index in [1.54, 1.807) is 0 Å². The highest BCUT2D eigenvalue weighted by atomic mass is 79.9. The highest BCUT2D eigenvalue weighted by Gasteiger charge is 2.33. The minimum absolute atomic E-state index is 0.671. The smallest absolute Gasteiger partial charge is 0.0468 e. The minimum atomic E-state index is 0.671. The Morgan fingerprint density at radius 2 is 1.79 bits per heavy atom. The zero-order valence-electron chi connectivity index (χ0n) is 11.3. The molecule has 0 aliphatic carbocycles. The fourth-order valence-corrected chi connectivity index (χ4v) is 3.93. The first-order valence-electron chi connectivity index (χ1n) is 7.38. The van der Waals surface area contributed by atoms with Gasteiger partial charge >= 0.3 is 0 Å². The Labute approximate surface area is 124 Å². The van der Waals surface area contributed by atoms with Gasteiger partial charge in [0.05, 0.1) is 0 Å². The number of rotatable bonds is 2. The number of hydrogen-bond acceptors (Lipinski definition) is 2. The van der Waals surface area contributed by atoms with Gasteiger partial charge in [0.2, 0.25) is 0 Å². The maximum atomic E-state index is 5.53. The predicted octanol–water partition coefficient (Wildman–Crippen LogP) is 3.57. The van der Waals surface area contributed by atoms with Crippen molar-refractivity contribution in [2.45, 2.75) is 25.2 Å². The molecule has 1 N–H and O–H groups in total. The molecule has 0 radical (unpaired) electrons. The Morgan fingerprint density at radius 1 is 1.05 bits per heavy atom. The van der Waals surface area contributed by atoms with E-state index in [-0.39, 0.29) is 0 Å². The van der Waals surface area contributed by atoms with E-state index in [1.165, 1.54) is 35.8 Å². The molecule has 2 unspecified atom stereocenters. The zero-order chi connectivity index (χ0) is 13.1. The summed E-state index contributed by atoms with van der Waals surface area (Å²) in [5, 5.41) is 3.57. The largest absolute Gasteiger partial charge is 0.381 e. The van der Waals surface area contributed by atoms with Gasteiger partial charge in [0, 0.05) is 24.2 Å². The summed E-state index contributed by atoms with van der Waals surface area (Å²) in [4.78, 5) is 0. The fourth-order valence-electron chi connectivity index (χ4n) is 3.66. The first-order valence-corrected chi connectivity index (χ1v) is 8.18. The summed E-state index contributed by atoms with van der Waals surface area (Å²) in [6, 6.07) is 8.91. The van der Waals surface area contributed by atoms with Crippen LogP contribution in [0.15, 0.2) is 28.7 Å². The van der Waals surface area contributed by atoms with Crippen LogP contribution in [-0.2, 0) is 4.74 Å². The molecule has 0 amide bonds. The molecule has 104 valence electrons. The Bertz CT molecular complexity index is 400. The van der Waals surface area contributed by atoms with Crippen LogP contribution in [-0.4, -0.2) is 26.3 Å². The van der Waals surface area contributed by atoms with Crippen LogP contribution in [0.25, 0.3) is 0 Å². The van der Waals surface area contributed by atoms with Crippen LogP contribution in [0.1, 0.15) is 30.7 Å². The molecule has 3 rings (SSSR count). The Kier molecular flexibility index (Phi) is 4.57. The van der Waals surface area contributed by atoms with Crippen molar-refractivity contribution in [3.05, 3.63) is 34.3 Å². The van der Waals surface area contributed by atoms with Gasteiger partial charge in [0.25, 0.3) is 0 Å². The first-order chi connectivity index (χ1) is 9.34. The molecule has 2 atom stereocenters. The van der Waals surface area contributed by atoms with Crippen molar-refractivity contribution in [2.75, 3.05) is 26.3 Å². The Morgan fingerprint density at radius 3 is 2.53 bits per heavy atom. The monoisotopic (exact) mass is 323 g/mol. The lowest BCUT2D eigenvalue weighted by molar-refractivity contribution is 0.0356. The molecule has 1 aromatic carbocycles. The van der Waals surface area contributed by atoms with E-state index in [0.717, 1.165) is 31.6 Å². The number of halogens is 1. The van der Waals surface area contributed by atoms with Gasteiger partial charge in [0.1, 0.15) is 0 Å². The molecule has 0 bridgehead atoms. The molecule has 2 nitrogen and oxygen atoms in total. The quantitative estimate of drug-likeness (QED) is 0.898. The Balaban J connectivity index is 1.78. The van der Waals surface area contributed by atoms with E-state index in [1.807, 2.05) is 0 Å². The molecule has 0 spiro atoms. The Hall–Kier alpha value is -0.380. The number of hydrogen-bond donors (Lipinski definition) is 1. The lowest BCUT2D eigenvalue weighted by atomic mass is 9.71. The molecule has 3 heteroatoms. The number of ether oxygens (including phenoxy) is 1. The van der Waals surface area contributed by atoms with Crippen molar-refractivity contribution in [3.8, 4) is 0 Å². The zero-order valence-corrected chi connectivity index (χ0v) is 12.9. The molecule has 0 aromatic heterocycles. The summed E-state index contributed by atoms with van der Waals surface area (Å²) in [5.74, 6) is 2.35. The fraction of sp³-hybridized carbons (Fsp3) is 0.625. The standard InChI is InChI=1S/C16H22BrNO/c17-14-3-1-12(2-4-14)16-11-18-8-5-15(16)13-6-9-19-10-7-13/h1-4,13,15-16,18H,5-11H2. The van der Waals surface area contributed by atoms with Gasteiger partial charge in [-0.1, -0.05) is 28.1 Å². The van der Waals surface area contributed by atoms with Crippen molar-refractivity contribution >= 4 is 15.9 Å². The van der Waals surface area contributed by atoms with Crippen LogP contribution in [0.4, 0.5) is 0 Å². The third-order valence-electron chi connectivity index (χ3n) is 4.71. The molecular formula is C16H22BrNO. The second-order valence-electron chi connectivity index (χ2n) is 5.76. The third kappa shape index (κ3) is 3.21. The molecule has 0 saturated carbocycles. The minimum Gasteiger partial charge on any atom is -0.381 e. The van der Waals surface area contributed by atoms with Gasteiger partial charge in [0.15, 0.2) is 0 Å². The van der Waals surface area contributed by atoms with E-state index in [4.69, 9.17) is 4.74 Å². The number of nitrogens with one attached hydrogen (secondary N) is 1. The summed E-state index contributed by atoms with van der Waals surface area (Å²) in [5.41, 5.74) is 1.49. The van der Waals surface area contributed by atoms with Crippen molar-refractivity contribution < 1.29 is 4.74 Å². The molecule has 2 heterocycles. The predicted molar refractivity (Wildman–Crippen MR) is 81.4 cm³/mol. The molecular weight excluding hydrogens is 302 g/mol. The van der Waals surface area contributed by atoms with Crippen LogP contribution >= 0.6 is 15.9 Å².